The van der Waals surface area contributed by atoms with Gasteiger partial charge in [0.2, 0.25) is 0 Å². The van der Waals surface area contributed by atoms with E-state index in [0.717, 1.165) is 32.8 Å². The van der Waals surface area contributed by atoms with Gasteiger partial charge in [0.05, 0.1) is 6.61 Å². The summed E-state index contributed by atoms with van der Waals surface area (Å²) in [4.78, 5) is 3.93. The van der Waals surface area contributed by atoms with Crippen LogP contribution in [0.2, 0.25) is 0 Å². The van der Waals surface area contributed by atoms with Crippen LogP contribution in [0.25, 0.3) is 0 Å². The number of thiophene rings is 1. The Hall–Kier alpha value is -0.420. The maximum absolute atomic E-state index is 5.02. The van der Waals surface area contributed by atoms with Crippen LogP contribution in [0.4, 0.5) is 0 Å². The van der Waals surface area contributed by atoms with E-state index in [1.165, 1.54) is 4.88 Å². The first-order valence-corrected chi connectivity index (χ1v) is 7.12. The average molecular weight is 256 g/mol. The van der Waals surface area contributed by atoms with Crippen LogP contribution in [-0.2, 0) is 11.3 Å². The van der Waals surface area contributed by atoms with Crippen LogP contribution in [0.3, 0.4) is 0 Å². The van der Waals surface area contributed by atoms with Crippen LogP contribution < -0.4 is 5.32 Å². The smallest absolute Gasteiger partial charge is 0.0587 e. The van der Waals surface area contributed by atoms with Gasteiger partial charge in [-0.15, -0.1) is 11.3 Å². The minimum absolute atomic E-state index is 0.555. The normalized spacial score (nSPS) is 13.2. The van der Waals surface area contributed by atoms with Crippen molar-refractivity contribution in [2.45, 2.75) is 26.4 Å². The molecular formula is C13H24N2OS. The summed E-state index contributed by atoms with van der Waals surface area (Å²) in [5, 5.41) is 5.56. The van der Waals surface area contributed by atoms with E-state index in [-0.39, 0.29) is 0 Å². The van der Waals surface area contributed by atoms with Crippen LogP contribution >= 0.6 is 11.3 Å². The SMILES string of the molecule is CCN(Cc1cccs1)C(C)CNCCOC. The molecule has 17 heavy (non-hydrogen) atoms. The first kappa shape index (κ1) is 14.6. The summed E-state index contributed by atoms with van der Waals surface area (Å²) in [5.41, 5.74) is 0. The summed E-state index contributed by atoms with van der Waals surface area (Å²) in [7, 11) is 1.74. The van der Waals surface area contributed by atoms with E-state index in [9.17, 15) is 0 Å². The molecule has 1 rings (SSSR count). The second-order valence-electron chi connectivity index (χ2n) is 4.19. The second kappa shape index (κ2) is 8.64. The lowest BCUT2D eigenvalue weighted by Crippen LogP contribution is -2.40. The van der Waals surface area contributed by atoms with Gasteiger partial charge in [-0.3, -0.25) is 4.90 Å². The van der Waals surface area contributed by atoms with E-state index < -0.39 is 0 Å². The molecule has 0 spiro atoms. The minimum atomic E-state index is 0.555. The molecule has 0 aliphatic rings. The highest BCUT2D eigenvalue weighted by molar-refractivity contribution is 7.09. The average Bonchev–Trinajstić information content (AvgIpc) is 2.84. The Morgan fingerprint density at radius 3 is 2.94 bits per heavy atom. The second-order valence-corrected chi connectivity index (χ2v) is 5.22. The highest BCUT2D eigenvalue weighted by Crippen LogP contribution is 2.13. The molecule has 0 aromatic carbocycles. The lowest BCUT2D eigenvalue weighted by molar-refractivity contribution is 0.183. The van der Waals surface area contributed by atoms with Gasteiger partial charge in [-0.05, 0) is 24.9 Å². The van der Waals surface area contributed by atoms with E-state index in [0.29, 0.717) is 6.04 Å². The van der Waals surface area contributed by atoms with Crippen LogP contribution in [-0.4, -0.2) is 44.3 Å². The molecule has 0 fully saturated rings. The van der Waals surface area contributed by atoms with Crippen LogP contribution in [0.5, 0.6) is 0 Å². The zero-order valence-electron chi connectivity index (χ0n) is 11.1. The lowest BCUT2D eigenvalue weighted by Gasteiger charge is -2.27. The number of hydrogen-bond acceptors (Lipinski definition) is 4. The summed E-state index contributed by atoms with van der Waals surface area (Å²) in [6.45, 7) is 9.37. The number of rotatable bonds is 9. The fourth-order valence-corrected chi connectivity index (χ4v) is 2.53. The Bertz CT molecular complexity index is 277. The first-order valence-electron chi connectivity index (χ1n) is 6.24. The largest absolute Gasteiger partial charge is 0.383 e. The molecule has 0 aliphatic carbocycles. The van der Waals surface area contributed by atoms with Crippen molar-refractivity contribution in [1.29, 1.82) is 0 Å². The van der Waals surface area contributed by atoms with Gasteiger partial charge in [-0.25, -0.2) is 0 Å². The van der Waals surface area contributed by atoms with Crippen molar-refractivity contribution in [3.8, 4) is 0 Å². The van der Waals surface area contributed by atoms with Crippen molar-refractivity contribution in [2.75, 3.05) is 33.4 Å². The van der Waals surface area contributed by atoms with Gasteiger partial charge in [-0.2, -0.15) is 0 Å². The Balaban J connectivity index is 2.28. The molecule has 0 saturated carbocycles. The number of ether oxygens (including phenoxy) is 1. The molecule has 0 aliphatic heterocycles. The summed E-state index contributed by atoms with van der Waals surface area (Å²) >= 11 is 1.83. The highest BCUT2D eigenvalue weighted by atomic mass is 32.1. The number of nitrogens with one attached hydrogen (secondary N) is 1. The van der Waals surface area contributed by atoms with Crippen LogP contribution in [0.1, 0.15) is 18.7 Å². The van der Waals surface area contributed by atoms with E-state index >= 15 is 0 Å². The fraction of sp³-hybridized carbons (Fsp3) is 0.692. The molecule has 98 valence electrons. The lowest BCUT2D eigenvalue weighted by atomic mass is 10.2. The fourth-order valence-electron chi connectivity index (χ4n) is 1.80. The van der Waals surface area contributed by atoms with Gasteiger partial charge < -0.3 is 10.1 Å². The molecule has 1 atom stereocenters. The van der Waals surface area contributed by atoms with Crippen LogP contribution in [0.15, 0.2) is 17.5 Å². The summed E-state index contributed by atoms with van der Waals surface area (Å²) in [6, 6.07) is 4.88. The number of hydrogen-bond donors (Lipinski definition) is 1. The van der Waals surface area contributed by atoms with Crippen molar-refractivity contribution in [2.24, 2.45) is 0 Å². The van der Waals surface area contributed by atoms with E-state index in [4.69, 9.17) is 4.74 Å². The van der Waals surface area contributed by atoms with Crippen LogP contribution in [0, 0.1) is 0 Å². The summed E-state index contributed by atoms with van der Waals surface area (Å²) in [5.74, 6) is 0. The van der Waals surface area contributed by atoms with Crippen molar-refractivity contribution in [3.05, 3.63) is 22.4 Å². The Kier molecular flexibility index (Phi) is 7.44. The number of nitrogens with zero attached hydrogens (tertiary/aromatic N) is 1. The van der Waals surface area contributed by atoms with Crippen molar-refractivity contribution >= 4 is 11.3 Å². The quantitative estimate of drug-likeness (QED) is 0.686. The van der Waals surface area contributed by atoms with Gasteiger partial charge in [0.25, 0.3) is 0 Å². The zero-order chi connectivity index (χ0) is 12.5. The van der Waals surface area contributed by atoms with E-state index in [1.54, 1.807) is 7.11 Å². The Morgan fingerprint density at radius 2 is 2.35 bits per heavy atom. The van der Waals surface area contributed by atoms with Gasteiger partial charge in [0.1, 0.15) is 0 Å². The molecule has 0 bridgehead atoms. The van der Waals surface area contributed by atoms with E-state index in [1.807, 2.05) is 11.3 Å². The molecule has 0 amide bonds. The monoisotopic (exact) mass is 256 g/mol. The maximum Gasteiger partial charge on any atom is 0.0587 e. The predicted octanol–water partition coefficient (Wildman–Crippen LogP) is 2.19. The molecule has 1 heterocycles. The molecule has 1 N–H and O–H groups in total. The molecule has 3 nitrogen and oxygen atoms in total. The molecule has 4 heteroatoms. The standard InChI is InChI=1S/C13H24N2OS/c1-4-15(11-13-6-5-9-17-13)12(2)10-14-7-8-16-3/h5-6,9,12,14H,4,7-8,10-11H2,1-3H3. The van der Waals surface area contributed by atoms with Gasteiger partial charge in [0.15, 0.2) is 0 Å². The van der Waals surface area contributed by atoms with Gasteiger partial charge in [0, 0.05) is 37.7 Å². The topological polar surface area (TPSA) is 24.5 Å². The van der Waals surface area contributed by atoms with Gasteiger partial charge >= 0.3 is 0 Å². The third-order valence-corrected chi connectivity index (χ3v) is 3.75. The third-order valence-electron chi connectivity index (χ3n) is 2.89. The third kappa shape index (κ3) is 5.64. The Labute approximate surface area is 109 Å². The molecule has 1 unspecified atom stereocenters. The summed E-state index contributed by atoms with van der Waals surface area (Å²) < 4.78 is 5.02. The molecular weight excluding hydrogens is 232 g/mol. The number of methoxy groups -OCH3 is 1. The summed E-state index contributed by atoms with van der Waals surface area (Å²) in [6.07, 6.45) is 0. The van der Waals surface area contributed by atoms with E-state index in [2.05, 4.69) is 41.6 Å². The predicted molar refractivity (Wildman–Crippen MR) is 74.6 cm³/mol. The first-order chi connectivity index (χ1) is 8.27. The molecule has 0 radical (unpaired) electrons. The number of likely N-dealkylation sites (N-methyl/N-ethyl adjacent to an activating group) is 1. The van der Waals surface area contributed by atoms with Crippen molar-refractivity contribution < 1.29 is 4.74 Å². The highest BCUT2D eigenvalue weighted by Gasteiger charge is 2.12. The van der Waals surface area contributed by atoms with Crippen molar-refractivity contribution in [1.82, 2.24) is 10.2 Å². The molecule has 0 saturated heterocycles. The zero-order valence-corrected chi connectivity index (χ0v) is 11.9. The van der Waals surface area contributed by atoms with Crippen molar-refractivity contribution in [3.63, 3.8) is 0 Å². The molecule has 1 aromatic rings. The maximum atomic E-state index is 5.02. The molecule has 1 aromatic heterocycles. The van der Waals surface area contributed by atoms with Gasteiger partial charge in [-0.1, -0.05) is 13.0 Å². The minimum Gasteiger partial charge on any atom is -0.383 e. The Morgan fingerprint density at radius 1 is 1.53 bits per heavy atom.